The van der Waals surface area contributed by atoms with Crippen molar-refractivity contribution in [2.45, 2.75) is 38.1 Å². The Morgan fingerprint density at radius 2 is 2.16 bits per heavy atom. The molecule has 134 valence electrons. The summed E-state index contributed by atoms with van der Waals surface area (Å²) < 4.78 is 5.63. The third-order valence-corrected chi connectivity index (χ3v) is 4.90. The monoisotopic (exact) mass is 344 g/mol. The van der Waals surface area contributed by atoms with Crippen molar-refractivity contribution in [1.82, 2.24) is 20.4 Å². The molecule has 1 fully saturated rings. The van der Waals surface area contributed by atoms with Gasteiger partial charge in [-0.15, -0.1) is 10.2 Å². The van der Waals surface area contributed by atoms with Crippen LogP contribution in [0.15, 0.2) is 34.7 Å². The van der Waals surface area contributed by atoms with Crippen LogP contribution >= 0.6 is 0 Å². The number of carbonyl (C=O) groups excluding carboxylic acids is 1. The summed E-state index contributed by atoms with van der Waals surface area (Å²) in [6.07, 6.45) is 2.99. The highest BCUT2D eigenvalue weighted by Gasteiger charge is 2.41. The second-order valence-corrected chi connectivity index (χ2v) is 6.34. The van der Waals surface area contributed by atoms with Crippen molar-refractivity contribution >= 4 is 6.03 Å². The second kappa shape index (κ2) is 7.65. The van der Waals surface area contributed by atoms with E-state index in [4.69, 9.17) is 4.42 Å². The van der Waals surface area contributed by atoms with Crippen molar-refractivity contribution in [1.29, 1.82) is 0 Å². The zero-order valence-corrected chi connectivity index (χ0v) is 14.4. The van der Waals surface area contributed by atoms with Crippen LogP contribution in [0.3, 0.4) is 0 Å². The van der Waals surface area contributed by atoms with Crippen LogP contribution in [0.5, 0.6) is 0 Å². The van der Waals surface area contributed by atoms with Gasteiger partial charge in [0.15, 0.2) is 0 Å². The predicted molar refractivity (Wildman–Crippen MR) is 92.9 cm³/mol. The maximum Gasteiger partial charge on any atom is 0.317 e. The second-order valence-electron chi connectivity index (χ2n) is 6.34. The Labute approximate surface area is 147 Å². The number of rotatable bonds is 6. The molecule has 1 aromatic carbocycles. The summed E-state index contributed by atoms with van der Waals surface area (Å²) in [7, 11) is 0. The molecule has 0 aliphatic carbocycles. The highest BCUT2D eigenvalue weighted by atomic mass is 16.4. The van der Waals surface area contributed by atoms with E-state index in [1.165, 1.54) is 0 Å². The van der Waals surface area contributed by atoms with Crippen LogP contribution in [0.2, 0.25) is 0 Å². The van der Waals surface area contributed by atoms with Crippen LogP contribution in [-0.2, 0) is 6.42 Å². The number of amides is 2. The molecule has 2 amide bonds. The molecule has 1 atom stereocenters. The molecule has 0 saturated carbocycles. The van der Waals surface area contributed by atoms with Gasteiger partial charge in [0.05, 0.1) is 12.1 Å². The predicted octanol–water partition coefficient (Wildman–Crippen LogP) is 2.23. The maximum absolute atomic E-state index is 12.4. The first-order valence-corrected chi connectivity index (χ1v) is 8.72. The van der Waals surface area contributed by atoms with Crippen molar-refractivity contribution in [2.75, 3.05) is 19.7 Å². The van der Waals surface area contributed by atoms with E-state index < -0.39 is 5.54 Å². The normalized spacial score (nSPS) is 20.0. The lowest BCUT2D eigenvalue weighted by Gasteiger charge is -2.36. The van der Waals surface area contributed by atoms with E-state index in [1.807, 2.05) is 37.3 Å². The molecular formula is C18H24N4O3. The van der Waals surface area contributed by atoms with E-state index in [9.17, 15) is 9.90 Å². The summed E-state index contributed by atoms with van der Waals surface area (Å²) in [5.74, 6) is 0.969. The van der Waals surface area contributed by atoms with E-state index >= 15 is 0 Å². The van der Waals surface area contributed by atoms with Crippen molar-refractivity contribution in [2.24, 2.45) is 0 Å². The summed E-state index contributed by atoms with van der Waals surface area (Å²) in [5.41, 5.74) is 0.452. The van der Waals surface area contributed by atoms with Crippen LogP contribution in [0.1, 0.15) is 32.1 Å². The van der Waals surface area contributed by atoms with Gasteiger partial charge in [-0.2, -0.15) is 0 Å². The molecule has 2 heterocycles. The molecule has 7 heteroatoms. The Balaban J connectivity index is 1.53. The Morgan fingerprint density at radius 1 is 1.36 bits per heavy atom. The molecule has 0 unspecified atom stereocenters. The number of nitrogens with zero attached hydrogens (tertiary/aromatic N) is 3. The van der Waals surface area contributed by atoms with Crippen LogP contribution in [-0.4, -0.2) is 51.5 Å². The number of nitrogens with one attached hydrogen (secondary N) is 1. The standard InChI is InChI=1S/C18H24N4O3/c1-2-18(13-23)10-6-12-22(18)17(24)19-11-9-15-20-21-16(25-15)14-7-4-3-5-8-14/h3-5,7-8,23H,2,6,9-13H2,1H3,(H,19,24)/t18-/m1/s1. The van der Waals surface area contributed by atoms with E-state index in [1.54, 1.807) is 4.90 Å². The number of aromatic nitrogens is 2. The van der Waals surface area contributed by atoms with Crippen molar-refractivity contribution < 1.29 is 14.3 Å². The van der Waals surface area contributed by atoms with E-state index in [2.05, 4.69) is 15.5 Å². The van der Waals surface area contributed by atoms with Gasteiger partial charge < -0.3 is 19.7 Å². The smallest absolute Gasteiger partial charge is 0.317 e. The Hall–Kier alpha value is -2.41. The number of aliphatic hydroxyl groups excluding tert-OH is 1. The lowest BCUT2D eigenvalue weighted by molar-refractivity contribution is 0.0811. The Bertz CT molecular complexity index is 697. The SMILES string of the molecule is CC[C@]1(CO)CCCN1C(=O)NCCc1nnc(-c2ccccc2)o1. The maximum atomic E-state index is 12.4. The first-order valence-electron chi connectivity index (χ1n) is 8.72. The van der Waals surface area contributed by atoms with Crippen molar-refractivity contribution in [3.8, 4) is 11.5 Å². The topological polar surface area (TPSA) is 91.5 Å². The van der Waals surface area contributed by atoms with Gasteiger partial charge in [-0.1, -0.05) is 25.1 Å². The molecule has 7 nitrogen and oxygen atoms in total. The average Bonchev–Trinajstić information content (AvgIpc) is 3.30. The number of hydrogen-bond donors (Lipinski definition) is 2. The van der Waals surface area contributed by atoms with E-state index in [0.717, 1.165) is 24.8 Å². The molecular weight excluding hydrogens is 320 g/mol. The fourth-order valence-corrected chi connectivity index (χ4v) is 3.32. The summed E-state index contributed by atoms with van der Waals surface area (Å²) in [5, 5.41) is 20.7. The molecule has 25 heavy (non-hydrogen) atoms. The Kier molecular flexibility index (Phi) is 5.33. The molecule has 3 rings (SSSR count). The fourth-order valence-electron chi connectivity index (χ4n) is 3.32. The lowest BCUT2D eigenvalue weighted by atomic mass is 9.94. The summed E-state index contributed by atoms with van der Waals surface area (Å²) in [4.78, 5) is 14.2. The summed E-state index contributed by atoms with van der Waals surface area (Å²) >= 11 is 0. The molecule has 1 saturated heterocycles. The molecule has 1 aromatic heterocycles. The molecule has 0 radical (unpaired) electrons. The summed E-state index contributed by atoms with van der Waals surface area (Å²) in [6, 6.07) is 9.43. The molecule has 0 spiro atoms. The molecule has 0 bridgehead atoms. The van der Waals surface area contributed by atoms with Crippen molar-refractivity contribution in [3.63, 3.8) is 0 Å². The Morgan fingerprint density at radius 3 is 2.88 bits per heavy atom. The van der Waals surface area contributed by atoms with Gasteiger partial charge in [0.1, 0.15) is 0 Å². The van der Waals surface area contributed by atoms with Gasteiger partial charge >= 0.3 is 6.03 Å². The summed E-state index contributed by atoms with van der Waals surface area (Å²) in [6.45, 7) is 3.10. The average molecular weight is 344 g/mol. The quantitative estimate of drug-likeness (QED) is 0.838. The lowest BCUT2D eigenvalue weighted by Crippen LogP contribution is -2.53. The van der Waals surface area contributed by atoms with Crippen LogP contribution in [0.25, 0.3) is 11.5 Å². The third-order valence-electron chi connectivity index (χ3n) is 4.90. The zero-order chi connectivity index (χ0) is 17.7. The van der Waals surface area contributed by atoms with Gasteiger partial charge in [0.2, 0.25) is 11.8 Å². The van der Waals surface area contributed by atoms with Gasteiger partial charge in [-0.25, -0.2) is 4.79 Å². The van der Waals surface area contributed by atoms with Crippen molar-refractivity contribution in [3.05, 3.63) is 36.2 Å². The van der Waals surface area contributed by atoms with Gasteiger partial charge in [-0.3, -0.25) is 0 Å². The van der Waals surface area contributed by atoms with E-state index in [0.29, 0.717) is 31.3 Å². The van der Waals surface area contributed by atoms with Crippen LogP contribution < -0.4 is 5.32 Å². The molecule has 2 aromatic rings. The van der Waals surface area contributed by atoms with Gasteiger partial charge in [0, 0.05) is 25.1 Å². The van der Waals surface area contributed by atoms with Gasteiger partial charge in [0.25, 0.3) is 0 Å². The number of carbonyl (C=O) groups is 1. The molecule has 1 aliphatic heterocycles. The minimum atomic E-state index is -0.422. The number of urea groups is 1. The molecule has 1 aliphatic rings. The highest BCUT2D eigenvalue weighted by molar-refractivity contribution is 5.75. The number of hydrogen-bond acceptors (Lipinski definition) is 5. The number of benzene rings is 1. The van der Waals surface area contributed by atoms with Crippen LogP contribution in [0, 0.1) is 0 Å². The fraction of sp³-hybridized carbons (Fsp3) is 0.500. The third kappa shape index (κ3) is 3.66. The zero-order valence-electron chi connectivity index (χ0n) is 14.4. The molecule has 2 N–H and O–H groups in total. The van der Waals surface area contributed by atoms with Gasteiger partial charge in [-0.05, 0) is 31.4 Å². The number of likely N-dealkylation sites (tertiary alicyclic amines) is 1. The first kappa shape index (κ1) is 17.4. The largest absolute Gasteiger partial charge is 0.421 e. The first-order chi connectivity index (χ1) is 12.2. The highest BCUT2D eigenvalue weighted by Crippen LogP contribution is 2.31. The van der Waals surface area contributed by atoms with E-state index in [-0.39, 0.29) is 12.6 Å². The van der Waals surface area contributed by atoms with Crippen LogP contribution in [0.4, 0.5) is 4.79 Å². The number of aliphatic hydroxyl groups is 1. The minimum Gasteiger partial charge on any atom is -0.421 e. The minimum absolute atomic E-state index is 0.00101.